The molecule has 2 aromatic rings. The molecule has 0 radical (unpaired) electrons. The Morgan fingerprint density at radius 3 is 2.53 bits per heavy atom. The molecule has 7 heteroatoms. The van der Waals surface area contributed by atoms with Crippen LogP contribution < -0.4 is 10.5 Å². The molecule has 2 rings (SSSR count). The van der Waals surface area contributed by atoms with Crippen LogP contribution in [0.3, 0.4) is 0 Å². The van der Waals surface area contributed by atoms with Crippen molar-refractivity contribution in [3.63, 3.8) is 0 Å². The van der Waals surface area contributed by atoms with Crippen molar-refractivity contribution in [2.24, 2.45) is 5.73 Å². The molecule has 5 nitrogen and oxygen atoms in total. The molecule has 0 saturated heterocycles. The zero-order chi connectivity index (χ0) is 13.9. The third kappa shape index (κ3) is 3.57. The van der Waals surface area contributed by atoms with Gasteiger partial charge in [0.2, 0.25) is 10.0 Å². The lowest BCUT2D eigenvalue weighted by atomic mass is 10.2. The Morgan fingerprint density at radius 2 is 1.95 bits per heavy atom. The maximum absolute atomic E-state index is 12.0. The summed E-state index contributed by atoms with van der Waals surface area (Å²) in [6.45, 7) is 0.481. The first-order valence-electron chi connectivity index (χ1n) is 5.63. The fourth-order valence-electron chi connectivity index (χ4n) is 1.56. The van der Waals surface area contributed by atoms with E-state index in [4.69, 9.17) is 17.3 Å². The van der Waals surface area contributed by atoms with Gasteiger partial charge in [-0.1, -0.05) is 23.7 Å². The molecule has 1 aromatic heterocycles. The van der Waals surface area contributed by atoms with Gasteiger partial charge in [0.25, 0.3) is 0 Å². The summed E-state index contributed by atoms with van der Waals surface area (Å²) in [4.78, 5) is 2.99. The summed E-state index contributed by atoms with van der Waals surface area (Å²) >= 11 is 5.76. The lowest BCUT2D eigenvalue weighted by Gasteiger charge is -2.05. The minimum atomic E-state index is -3.53. The van der Waals surface area contributed by atoms with Crippen molar-refractivity contribution in [2.75, 3.05) is 0 Å². The second-order valence-corrected chi connectivity index (χ2v) is 6.22. The van der Waals surface area contributed by atoms with Gasteiger partial charge in [-0.15, -0.1) is 0 Å². The van der Waals surface area contributed by atoms with Crippen molar-refractivity contribution in [2.45, 2.75) is 18.0 Å². The van der Waals surface area contributed by atoms with Crippen LogP contribution in [0.2, 0.25) is 5.02 Å². The average molecular weight is 300 g/mol. The van der Waals surface area contributed by atoms with E-state index in [2.05, 4.69) is 9.71 Å². The van der Waals surface area contributed by atoms with E-state index in [-0.39, 0.29) is 18.0 Å². The van der Waals surface area contributed by atoms with E-state index in [1.807, 2.05) is 0 Å². The van der Waals surface area contributed by atoms with Crippen molar-refractivity contribution >= 4 is 21.6 Å². The quantitative estimate of drug-likeness (QED) is 0.783. The Kier molecular flexibility index (Phi) is 4.26. The first-order valence-corrected chi connectivity index (χ1v) is 7.49. The molecule has 0 aliphatic heterocycles. The summed E-state index contributed by atoms with van der Waals surface area (Å²) in [5.41, 5.74) is 6.94. The summed E-state index contributed by atoms with van der Waals surface area (Å²) in [7, 11) is -3.53. The Bertz CT molecular complexity index is 650. The molecule has 0 atom stereocenters. The number of halogens is 1. The second-order valence-electron chi connectivity index (χ2n) is 4.02. The normalized spacial score (nSPS) is 11.7. The molecule has 1 aromatic carbocycles. The van der Waals surface area contributed by atoms with Gasteiger partial charge in [0.1, 0.15) is 0 Å². The van der Waals surface area contributed by atoms with Crippen LogP contribution in [0.1, 0.15) is 11.3 Å². The van der Waals surface area contributed by atoms with E-state index in [9.17, 15) is 8.42 Å². The highest BCUT2D eigenvalue weighted by molar-refractivity contribution is 7.89. The molecule has 0 aliphatic rings. The maximum atomic E-state index is 12.0. The minimum absolute atomic E-state index is 0.182. The molecular weight excluding hydrogens is 286 g/mol. The predicted octanol–water partition coefficient (Wildman–Crippen LogP) is 1.61. The van der Waals surface area contributed by atoms with Crippen molar-refractivity contribution < 1.29 is 8.42 Å². The predicted molar refractivity (Wildman–Crippen MR) is 74.2 cm³/mol. The second kappa shape index (κ2) is 5.75. The first kappa shape index (κ1) is 14.1. The topological polar surface area (TPSA) is 88.0 Å². The fourth-order valence-corrected chi connectivity index (χ4v) is 2.72. The zero-order valence-corrected chi connectivity index (χ0v) is 11.6. The molecule has 4 N–H and O–H groups in total. The smallest absolute Gasteiger partial charge is 0.242 e. The van der Waals surface area contributed by atoms with E-state index in [1.54, 1.807) is 24.3 Å². The van der Waals surface area contributed by atoms with E-state index >= 15 is 0 Å². The number of benzene rings is 1. The molecular formula is C12H14ClN3O2S. The third-order valence-electron chi connectivity index (χ3n) is 2.63. The molecule has 1 heterocycles. The summed E-state index contributed by atoms with van der Waals surface area (Å²) in [6.07, 6.45) is 1.42. The summed E-state index contributed by atoms with van der Waals surface area (Å²) in [6, 6.07) is 8.49. The third-order valence-corrected chi connectivity index (χ3v) is 4.26. The highest BCUT2D eigenvalue weighted by Crippen LogP contribution is 2.12. The molecule has 0 amide bonds. The van der Waals surface area contributed by atoms with Gasteiger partial charge in [-0.05, 0) is 23.8 Å². The van der Waals surface area contributed by atoms with Crippen LogP contribution in [0, 0.1) is 0 Å². The highest BCUT2D eigenvalue weighted by Gasteiger charge is 2.15. The highest BCUT2D eigenvalue weighted by atomic mass is 35.5. The number of nitrogens with one attached hydrogen (secondary N) is 2. The van der Waals surface area contributed by atoms with Crippen LogP contribution in [-0.4, -0.2) is 13.4 Å². The molecule has 0 bridgehead atoms. The molecule has 102 valence electrons. The zero-order valence-electron chi connectivity index (χ0n) is 10.1. The lowest BCUT2D eigenvalue weighted by molar-refractivity contribution is 0.581. The Morgan fingerprint density at radius 1 is 1.26 bits per heavy atom. The number of sulfonamides is 1. The first-order chi connectivity index (χ1) is 9.01. The fraction of sp³-hybridized carbons (Fsp3) is 0.167. The van der Waals surface area contributed by atoms with E-state index in [0.717, 1.165) is 5.56 Å². The standard InChI is InChI=1S/C12H14ClN3O2S/c13-10-3-1-9(2-4-10)7-16-19(17,18)12-5-11(6-14)15-8-12/h1-5,8,15-16H,6-7,14H2. The van der Waals surface area contributed by atoms with Crippen LogP contribution in [0.15, 0.2) is 41.4 Å². The number of rotatable bonds is 5. The van der Waals surface area contributed by atoms with E-state index in [0.29, 0.717) is 10.7 Å². The summed E-state index contributed by atoms with van der Waals surface area (Å²) in [5, 5.41) is 0.616. The Labute approximate surface area is 116 Å². The van der Waals surface area contributed by atoms with Gasteiger partial charge >= 0.3 is 0 Å². The van der Waals surface area contributed by atoms with Gasteiger partial charge in [0.05, 0.1) is 4.90 Å². The lowest BCUT2D eigenvalue weighted by Crippen LogP contribution is -2.22. The number of H-pyrrole nitrogens is 1. The van der Waals surface area contributed by atoms with Crippen molar-refractivity contribution in [3.8, 4) is 0 Å². The van der Waals surface area contributed by atoms with E-state index in [1.165, 1.54) is 12.3 Å². The Balaban J connectivity index is 2.07. The summed E-state index contributed by atoms with van der Waals surface area (Å²) < 4.78 is 26.5. The minimum Gasteiger partial charge on any atom is -0.363 e. The average Bonchev–Trinajstić information content (AvgIpc) is 2.88. The van der Waals surface area contributed by atoms with Crippen molar-refractivity contribution in [1.29, 1.82) is 0 Å². The molecule has 0 unspecified atom stereocenters. The van der Waals surface area contributed by atoms with Gasteiger partial charge in [0.15, 0.2) is 0 Å². The number of nitrogens with two attached hydrogens (primary N) is 1. The van der Waals surface area contributed by atoms with E-state index < -0.39 is 10.0 Å². The monoisotopic (exact) mass is 299 g/mol. The van der Waals surface area contributed by atoms with Crippen LogP contribution in [0.5, 0.6) is 0 Å². The number of aromatic amines is 1. The van der Waals surface area contributed by atoms with Crippen LogP contribution >= 0.6 is 11.6 Å². The van der Waals surface area contributed by atoms with Crippen LogP contribution in [0.25, 0.3) is 0 Å². The molecule has 0 saturated carbocycles. The van der Waals surface area contributed by atoms with Crippen LogP contribution in [-0.2, 0) is 23.1 Å². The van der Waals surface area contributed by atoms with Gasteiger partial charge < -0.3 is 10.7 Å². The van der Waals surface area contributed by atoms with Crippen molar-refractivity contribution in [3.05, 3.63) is 52.8 Å². The SMILES string of the molecule is NCc1cc(S(=O)(=O)NCc2ccc(Cl)cc2)c[nH]1. The molecule has 19 heavy (non-hydrogen) atoms. The van der Waals surface area contributed by atoms with Gasteiger partial charge in [-0.25, -0.2) is 13.1 Å². The molecule has 0 spiro atoms. The summed E-state index contributed by atoms with van der Waals surface area (Å²) in [5.74, 6) is 0. The van der Waals surface area contributed by atoms with Crippen molar-refractivity contribution in [1.82, 2.24) is 9.71 Å². The molecule has 0 aliphatic carbocycles. The number of hydrogen-bond acceptors (Lipinski definition) is 3. The molecule has 0 fully saturated rings. The number of aromatic nitrogens is 1. The largest absolute Gasteiger partial charge is 0.363 e. The van der Waals surface area contributed by atoms with Gasteiger partial charge in [-0.2, -0.15) is 0 Å². The van der Waals surface area contributed by atoms with Crippen LogP contribution in [0.4, 0.5) is 0 Å². The number of hydrogen-bond donors (Lipinski definition) is 3. The van der Waals surface area contributed by atoms with Gasteiger partial charge in [0, 0.05) is 30.0 Å². The van der Waals surface area contributed by atoms with Gasteiger partial charge in [-0.3, -0.25) is 0 Å². The maximum Gasteiger partial charge on any atom is 0.242 e. The Hall–Kier alpha value is -1.34.